The number of nitrogens with one attached hydrogen (secondary N) is 1. The van der Waals surface area contributed by atoms with Crippen LogP contribution in [0.25, 0.3) is 10.6 Å². The van der Waals surface area contributed by atoms with E-state index >= 15 is 0 Å². The van der Waals surface area contributed by atoms with E-state index in [2.05, 4.69) is 28.6 Å². The highest BCUT2D eigenvalue weighted by molar-refractivity contribution is 7.99. The summed E-state index contributed by atoms with van der Waals surface area (Å²) in [4.78, 5) is 5.85. The molecule has 0 aliphatic carbocycles. The quantitative estimate of drug-likeness (QED) is 0.645. The number of nitrogen functional groups attached to an aromatic ring is 1. The molecule has 88 valence electrons. The molecule has 0 amide bonds. The van der Waals surface area contributed by atoms with Gasteiger partial charge in [0.15, 0.2) is 5.82 Å². The number of rotatable bonds is 2. The number of aryl methyl sites for hydroxylation is 1. The van der Waals surface area contributed by atoms with Crippen molar-refractivity contribution in [3.8, 4) is 10.6 Å². The zero-order valence-corrected chi connectivity index (χ0v) is 10.9. The maximum atomic E-state index is 5.34. The van der Waals surface area contributed by atoms with Crippen molar-refractivity contribution in [2.75, 3.05) is 11.2 Å². The molecule has 0 atom stereocenters. The highest BCUT2D eigenvalue weighted by Crippen LogP contribution is 2.34. The number of nitrogens with two attached hydrogens (primary N) is 1. The van der Waals surface area contributed by atoms with Crippen LogP contribution in [-0.4, -0.2) is 10.7 Å². The van der Waals surface area contributed by atoms with Crippen LogP contribution >= 0.6 is 23.1 Å². The first-order valence-corrected chi connectivity index (χ1v) is 7.41. The Labute approximate surface area is 108 Å². The third-order valence-electron chi connectivity index (χ3n) is 2.81. The first kappa shape index (κ1) is 11.1. The Morgan fingerprint density at radius 3 is 3.12 bits per heavy atom. The molecule has 0 saturated heterocycles. The number of hydrogen-bond acceptors (Lipinski definition) is 5. The lowest BCUT2D eigenvalue weighted by atomic mass is 10.1. The van der Waals surface area contributed by atoms with Crippen LogP contribution in [0.3, 0.4) is 0 Å². The van der Waals surface area contributed by atoms with Crippen molar-refractivity contribution in [3.05, 3.63) is 29.1 Å². The summed E-state index contributed by atoms with van der Waals surface area (Å²) < 4.78 is 0. The number of thioether (sulfide) groups is 1. The van der Waals surface area contributed by atoms with Crippen LogP contribution in [0.1, 0.15) is 12.0 Å². The van der Waals surface area contributed by atoms with Gasteiger partial charge >= 0.3 is 0 Å². The maximum absolute atomic E-state index is 5.34. The number of hydrazine groups is 1. The summed E-state index contributed by atoms with van der Waals surface area (Å²) in [7, 11) is 0. The van der Waals surface area contributed by atoms with E-state index < -0.39 is 0 Å². The average molecular weight is 263 g/mol. The summed E-state index contributed by atoms with van der Waals surface area (Å²) in [5.41, 5.74) is 5.22. The standard InChI is InChI=1S/C12H13N3S2/c13-15-11-7-17-12(14-11)9-3-4-10-8(6-9)2-1-5-16-10/h3-4,6-7,15H,1-2,5,13H2. The number of anilines is 1. The lowest BCUT2D eigenvalue weighted by Gasteiger charge is -2.15. The Morgan fingerprint density at radius 1 is 1.35 bits per heavy atom. The van der Waals surface area contributed by atoms with Gasteiger partial charge in [-0.15, -0.1) is 23.1 Å². The second-order valence-electron chi connectivity index (χ2n) is 3.96. The van der Waals surface area contributed by atoms with Crippen LogP contribution in [0, 0.1) is 0 Å². The molecule has 0 radical (unpaired) electrons. The molecule has 5 heteroatoms. The topological polar surface area (TPSA) is 50.9 Å². The Morgan fingerprint density at radius 2 is 2.29 bits per heavy atom. The molecule has 0 bridgehead atoms. The third kappa shape index (κ3) is 2.18. The first-order chi connectivity index (χ1) is 8.36. The highest BCUT2D eigenvalue weighted by Gasteiger charge is 2.12. The van der Waals surface area contributed by atoms with E-state index in [1.165, 1.54) is 34.6 Å². The van der Waals surface area contributed by atoms with Crippen LogP contribution in [0.2, 0.25) is 0 Å². The molecular formula is C12H13N3S2. The van der Waals surface area contributed by atoms with Gasteiger partial charge in [0.1, 0.15) is 5.01 Å². The molecule has 1 aromatic carbocycles. The molecule has 1 aliphatic heterocycles. The number of benzene rings is 1. The lowest BCUT2D eigenvalue weighted by molar-refractivity contribution is 0.890. The molecule has 0 spiro atoms. The summed E-state index contributed by atoms with van der Waals surface area (Å²) >= 11 is 3.57. The SMILES string of the molecule is NNc1csc(-c2ccc3c(c2)CCCS3)n1. The van der Waals surface area contributed by atoms with E-state index in [9.17, 15) is 0 Å². The minimum absolute atomic E-state index is 0.733. The van der Waals surface area contributed by atoms with Crippen LogP contribution < -0.4 is 11.3 Å². The van der Waals surface area contributed by atoms with Crippen molar-refractivity contribution in [2.24, 2.45) is 5.84 Å². The summed E-state index contributed by atoms with van der Waals surface area (Å²) in [6.45, 7) is 0. The van der Waals surface area contributed by atoms with Gasteiger partial charge in [-0.1, -0.05) is 6.07 Å². The molecule has 0 fully saturated rings. The fourth-order valence-corrected chi connectivity index (χ4v) is 3.74. The molecule has 3 rings (SSSR count). The second kappa shape index (κ2) is 4.68. The van der Waals surface area contributed by atoms with Crippen molar-refractivity contribution < 1.29 is 0 Å². The number of hydrogen-bond donors (Lipinski definition) is 2. The zero-order chi connectivity index (χ0) is 11.7. The van der Waals surface area contributed by atoms with E-state index in [0.717, 1.165) is 10.8 Å². The van der Waals surface area contributed by atoms with Gasteiger partial charge in [0.05, 0.1) is 0 Å². The minimum Gasteiger partial charge on any atom is -0.308 e. The number of fused-ring (bicyclic) bond motifs is 1. The van der Waals surface area contributed by atoms with Gasteiger partial charge in [0.25, 0.3) is 0 Å². The van der Waals surface area contributed by atoms with Gasteiger partial charge in [0.2, 0.25) is 0 Å². The second-order valence-corrected chi connectivity index (χ2v) is 5.95. The molecule has 1 aromatic heterocycles. The van der Waals surface area contributed by atoms with Crippen molar-refractivity contribution in [1.29, 1.82) is 0 Å². The van der Waals surface area contributed by atoms with Gasteiger partial charge in [-0.05, 0) is 36.3 Å². The summed E-state index contributed by atoms with van der Waals surface area (Å²) in [5, 5.41) is 2.96. The van der Waals surface area contributed by atoms with E-state index in [1.54, 1.807) is 11.3 Å². The molecule has 0 unspecified atom stereocenters. The molecule has 17 heavy (non-hydrogen) atoms. The van der Waals surface area contributed by atoms with Crippen LogP contribution in [-0.2, 0) is 6.42 Å². The van der Waals surface area contributed by atoms with Crippen molar-refractivity contribution in [3.63, 3.8) is 0 Å². The average Bonchev–Trinajstić information content (AvgIpc) is 2.87. The van der Waals surface area contributed by atoms with Gasteiger partial charge in [-0.3, -0.25) is 0 Å². The van der Waals surface area contributed by atoms with E-state index in [0.29, 0.717) is 0 Å². The van der Waals surface area contributed by atoms with Crippen molar-refractivity contribution >= 4 is 28.9 Å². The Bertz CT molecular complexity index is 536. The molecule has 1 aliphatic rings. The molecule has 3 nitrogen and oxygen atoms in total. The fraction of sp³-hybridized carbons (Fsp3) is 0.250. The Kier molecular flexibility index (Phi) is 3.05. The van der Waals surface area contributed by atoms with Gasteiger partial charge < -0.3 is 5.43 Å². The molecule has 2 aromatic rings. The molecule has 2 heterocycles. The van der Waals surface area contributed by atoms with Gasteiger partial charge in [-0.2, -0.15) is 0 Å². The highest BCUT2D eigenvalue weighted by atomic mass is 32.2. The number of nitrogens with zero attached hydrogens (tertiary/aromatic N) is 1. The van der Waals surface area contributed by atoms with E-state index in [1.807, 2.05) is 17.1 Å². The van der Waals surface area contributed by atoms with Gasteiger partial charge in [-0.25, -0.2) is 10.8 Å². The third-order valence-corrected chi connectivity index (χ3v) is 4.90. The minimum atomic E-state index is 0.733. The predicted molar refractivity (Wildman–Crippen MR) is 74.4 cm³/mol. The summed E-state index contributed by atoms with van der Waals surface area (Å²) in [5.74, 6) is 7.32. The maximum Gasteiger partial charge on any atom is 0.151 e. The predicted octanol–water partition coefficient (Wildman–Crippen LogP) is 3.13. The molecular weight excluding hydrogens is 250 g/mol. The largest absolute Gasteiger partial charge is 0.308 e. The monoisotopic (exact) mass is 263 g/mol. The normalized spacial score (nSPS) is 14.4. The number of aromatic nitrogens is 1. The smallest absolute Gasteiger partial charge is 0.151 e. The fourth-order valence-electron chi connectivity index (χ4n) is 1.97. The Balaban J connectivity index is 1.97. The van der Waals surface area contributed by atoms with Crippen LogP contribution in [0.5, 0.6) is 0 Å². The molecule has 3 N–H and O–H groups in total. The van der Waals surface area contributed by atoms with E-state index in [-0.39, 0.29) is 0 Å². The van der Waals surface area contributed by atoms with Gasteiger partial charge in [0, 0.05) is 15.8 Å². The molecule has 0 saturated carbocycles. The zero-order valence-electron chi connectivity index (χ0n) is 9.27. The number of thiazole rings is 1. The Hall–Kier alpha value is -1.04. The summed E-state index contributed by atoms with van der Waals surface area (Å²) in [6, 6.07) is 6.63. The van der Waals surface area contributed by atoms with Crippen molar-refractivity contribution in [1.82, 2.24) is 4.98 Å². The summed E-state index contributed by atoms with van der Waals surface area (Å²) in [6.07, 6.45) is 2.46. The van der Waals surface area contributed by atoms with Crippen molar-refractivity contribution in [2.45, 2.75) is 17.7 Å². The van der Waals surface area contributed by atoms with E-state index in [4.69, 9.17) is 5.84 Å². The first-order valence-electron chi connectivity index (χ1n) is 5.55. The lowest BCUT2D eigenvalue weighted by Crippen LogP contribution is -2.06. The van der Waals surface area contributed by atoms with Crippen LogP contribution in [0.4, 0.5) is 5.82 Å². The van der Waals surface area contributed by atoms with Crippen LogP contribution in [0.15, 0.2) is 28.5 Å².